The largest absolute Gasteiger partial charge is 0.416 e. The van der Waals surface area contributed by atoms with Gasteiger partial charge in [-0.2, -0.15) is 26.3 Å². The summed E-state index contributed by atoms with van der Waals surface area (Å²) in [6.07, 6.45) is -5.09. The smallest absolute Gasteiger partial charge is 0.354 e. The topological polar surface area (TPSA) is 40.2 Å². The van der Waals surface area contributed by atoms with Crippen molar-refractivity contribution in [2.75, 3.05) is 18.4 Å². The molecule has 0 aliphatic carbocycles. The Hall–Kier alpha value is -2.92. The molecule has 1 aromatic heterocycles. The van der Waals surface area contributed by atoms with Crippen LogP contribution in [0.15, 0.2) is 54.7 Å². The van der Waals surface area contributed by atoms with Gasteiger partial charge in [-0.3, -0.25) is 9.88 Å². The van der Waals surface area contributed by atoms with E-state index in [1.54, 1.807) is 6.20 Å². The highest BCUT2D eigenvalue weighted by atomic mass is 32.1. The van der Waals surface area contributed by atoms with Crippen LogP contribution in [0.2, 0.25) is 0 Å². The molecule has 0 saturated carbocycles. The van der Waals surface area contributed by atoms with Crippen LogP contribution in [-0.4, -0.2) is 34.1 Å². The van der Waals surface area contributed by atoms with Crippen molar-refractivity contribution in [2.24, 2.45) is 11.8 Å². The third-order valence-corrected chi connectivity index (χ3v) is 8.22. The minimum absolute atomic E-state index is 0.0457. The van der Waals surface area contributed by atoms with Crippen molar-refractivity contribution in [3.8, 4) is 0 Å². The number of pyridine rings is 1. The second kappa shape index (κ2) is 10.6. The Labute approximate surface area is 227 Å². The lowest BCUT2D eigenvalue weighted by molar-refractivity contribution is -0.143. The molecule has 1 unspecified atom stereocenters. The van der Waals surface area contributed by atoms with Gasteiger partial charge in [0.05, 0.1) is 22.7 Å². The molecule has 3 aliphatic rings. The van der Waals surface area contributed by atoms with E-state index >= 15 is 0 Å². The number of alkyl halides is 6. The quantitative estimate of drug-likeness (QED) is 0.249. The first-order chi connectivity index (χ1) is 18.4. The molecule has 208 valence electrons. The Balaban J connectivity index is 1.48. The van der Waals surface area contributed by atoms with E-state index in [9.17, 15) is 26.3 Å². The lowest BCUT2D eigenvalue weighted by Gasteiger charge is -2.52. The average Bonchev–Trinajstić information content (AvgIpc) is 2.90. The van der Waals surface area contributed by atoms with Gasteiger partial charge in [-0.15, -0.1) is 0 Å². The van der Waals surface area contributed by atoms with Crippen LogP contribution < -0.4 is 10.6 Å². The van der Waals surface area contributed by atoms with Crippen LogP contribution in [0, 0.1) is 11.8 Å². The van der Waals surface area contributed by atoms with Gasteiger partial charge in [0, 0.05) is 29.9 Å². The number of nitrogens with zero attached hydrogens (tertiary/aromatic N) is 2. The third-order valence-electron chi connectivity index (χ3n) is 8.00. The van der Waals surface area contributed by atoms with Crippen LogP contribution >= 0.6 is 12.2 Å². The van der Waals surface area contributed by atoms with E-state index in [1.807, 2.05) is 30.3 Å². The van der Waals surface area contributed by atoms with Crippen molar-refractivity contribution in [1.29, 1.82) is 0 Å². The Morgan fingerprint density at radius 3 is 2.36 bits per heavy atom. The molecule has 6 rings (SSSR count). The maximum Gasteiger partial charge on any atom is 0.416 e. The van der Waals surface area contributed by atoms with Gasteiger partial charge in [0.2, 0.25) is 0 Å². The summed E-state index contributed by atoms with van der Waals surface area (Å²) < 4.78 is 80.3. The summed E-state index contributed by atoms with van der Waals surface area (Å²) in [6, 6.07) is 10.6. The van der Waals surface area contributed by atoms with Gasteiger partial charge in [0.25, 0.3) is 0 Å². The standard InChI is InChI=1S/C28H28F6N4S/c1-2-16-15-38-10-8-17(16)11-24(38)25(22-7-9-35-23-6-4-3-5-21(22)23)37-26(39)36-20-13-18(27(29,30)31)12-19(14-20)28(32,33)34/h3-7,9,12-14,16-17,24-25H,2,8,10-11,15H2,1H3,(H2,36,37,39)/t16-,17-,24-,25-/m0/s1. The molecule has 4 nitrogen and oxygen atoms in total. The summed E-state index contributed by atoms with van der Waals surface area (Å²) >= 11 is 5.49. The number of aromatic nitrogens is 1. The van der Waals surface area contributed by atoms with Gasteiger partial charge in [0.15, 0.2) is 5.11 Å². The van der Waals surface area contributed by atoms with Crippen LogP contribution in [0.4, 0.5) is 32.0 Å². The van der Waals surface area contributed by atoms with E-state index in [0.717, 1.165) is 48.8 Å². The van der Waals surface area contributed by atoms with Gasteiger partial charge in [0.1, 0.15) is 0 Å². The number of benzene rings is 2. The molecule has 2 aromatic carbocycles. The molecule has 3 saturated heterocycles. The molecule has 0 radical (unpaired) electrons. The third kappa shape index (κ3) is 5.84. The van der Waals surface area contributed by atoms with Gasteiger partial charge in [-0.25, -0.2) is 0 Å². The van der Waals surface area contributed by atoms with Gasteiger partial charge < -0.3 is 10.6 Å². The Kier molecular flexibility index (Phi) is 7.49. The number of anilines is 1. The predicted molar refractivity (Wildman–Crippen MR) is 142 cm³/mol. The molecule has 0 amide bonds. The van der Waals surface area contributed by atoms with Crippen LogP contribution in [-0.2, 0) is 12.4 Å². The molecule has 2 bridgehead atoms. The van der Waals surface area contributed by atoms with Gasteiger partial charge in [-0.05, 0) is 79.3 Å². The molecule has 11 heteroatoms. The summed E-state index contributed by atoms with van der Waals surface area (Å²) in [5, 5.41) is 6.73. The molecule has 4 heterocycles. The van der Waals surface area contributed by atoms with Crippen molar-refractivity contribution in [2.45, 2.75) is 50.6 Å². The molecule has 3 aliphatic heterocycles. The fourth-order valence-electron chi connectivity index (χ4n) is 6.09. The highest BCUT2D eigenvalue weighted by Crippen LogP contribution is 2.43. The van der Waals surface area contributed by atoms with Crippen LogP contribution in [0.5, 0.6) is 0 Å². The fourth-order valence-corrected chi connectivity index (χ4v) is 6.34. The van der Waals surface area contributed by atoms with E-state index in [-0.39, 0.29) is 28.9 Å². The number of thiocarbonyl (C=S) groups is 1. The SMILES string of the molecule is CC[C@H]1CN2CC[C@H]1C[C@H]2[C@@H](NC(=S)Nc1cc(C(F)(F)F)cc(C(F)(F)F)c1)c1ccnc2ccccc12. The highest BCUT2D eigenvalue weighted by molar-refractivity contribution is 7.80. The molecule has 3 aromatic rings. The summed E-state index contributed by atoms with van der Waals surface area (Å²) in [5.74, 6) is 1.14. The number of rotatable bonds is 5. The second-order valence-corrected chi connectivity index (χ2v) is 10.7. The number of piperidine rings is 3. The normalized spacial score (nSPS) is 24.0. The van der Waals surface area contributed by atoms with Crippen molar-refractivity contribution in [1.82, 2.24) is 15.2 Å². The molecule has 2 N–H and O–H groups in total. The first-order valence-corrected chi connectivity index (χ1v) is 13.3. The predicted octanol–water partition coefficient (Wildman–Crippen LogP) is 7.42. The summed E-state index contributed by atoms with van der Waals surface area (Å²) in [5.41, 5.74) is -1.48. The maximum atomic E-state index is 13.4. The zero-order chi connectivity index (χ0) is 27.9. The molecular weight excluding hydrogens is 538 g/mol. The van der Waals surface area contributed by atoms with Crippen molar-refractivity contribution >= 4 is 33.9 Å². The summed E-state index contributed by atoms with van der Waals surface area (Å²) in [7, 11) is 0. The number of nitrogens with one attached hydrogen (secondary N) is 2. The lowest BCUT2D eigenvalue weighted by atomic mass is 9.72. The van der Waals surface area contributed by atoms with Crippen molar-refractivity contribution < 1.29 is 26.3 Å². The minimum atomic E-state index is -4.95. The summed E-state index contributed by atoms with van der Waals surface area (Å²) in [6.45, 7) is 4.06. The minimum Gasteiger partial charge on any atom is -0.354 e. The second-order valence-electron chi connectivity index (χ2n) is 10.3. The number of hydrogen-bond acceptors (Lipinski definition) is 3. The summed E-state index contributed by atoms with van der Waals surface area (Å²) in [4.78, 5) is 6.88. The van der Waals surface area contributed by atoms with Crippen molar-refractivity contribution in [3.63, 3.8) is 0 Å². The molecule has 3 fully saturated rings. The van der Waals surface area contributed by atoms with Gasteiger partial charge >= 0.3 is 12.4 Å². The Bertz CT molecular complexity index is 1320. The number of hydrogen-bond donors (Lipinski definition) is 2. The van der Waals surface area contributed by atoms with Crippen molar-refractivity contribution in [3.05, 3.63) is 71.4 Å². The molecule has 5 atom stereocenters. The van der Waals surface area contributed by atoms with E-state index in [2.05, 4.69) is 27.4 Å². The fraction of sp³-hybridized carbons (Fsp3) is 0.429. The van der Waals surface area contributed by atoms with Crippen LogP contribution in [0.1, 0.15) is 48.9 Å². The van der Waals surface area contributed by atoms with E-state index in [1.165, 1.54) is 0 Å². The van der Waals surface area contributed by atoms with E-state index in [4.69, 9.17) is 12.2 Å². The zero-order valence-corrected chi connectivity index (χ0v) is 21.9. The van der Waals surface area contributed by atoms with Gasteiger partial charge in [-0.1, -0.05) is 31.5 Å². The first-order valence-electron chi connectivity index (χ1n) is 12.9. The van der Waals surface area contributed by atoms with Crippen LogP contribution in [0.3, 0.4) is 0 Å². The van der Waals surface area contributed by atoms with Crippen LogP contribution in [0.25, 0.3) is 10.9 Å². The number of halogens is 6. The molecule has 0 spiro atoms. The first kappa shape index (κ1) is 27.6. The zero-order valence-electron chi connectivity index (χ0n) is 21.1. The van der Waals surface area contributed by atoms with E-state index < -0.39 is 23.5 Å². The molecule has 39 heavy (non-hydrogen) atoms. The average molecular weight is 567 g/mol. The Morgan fingerprint density at radius 1 is 1.05 bits per heavy atom. The maximum absolute atomic E-state index is 13.4. The highest BCUT2D eigenvalue weighted by Gasteiger charge is 2.43. The molecular formula is C28H28F6N4S. The number of para-hydroxylation sites is 1. The monoisotopic (exact) mass is 566 g/mol. The number of fused-ring (bicyclic) bond motifs is 4. The van der Waals surface area contributed by atoms with E-state index in [0.29, 0.717) is 24.0 Å². The Morgan fingerprint density at radius 2 is 1.74 bits per heavy atom. The lowest BCUT2D eigenvalue weighted by Crippen LogP contribution is -2.58.